The lowest BCUT2D eigenvalue weighted by Crippen LogP contribution is -2.43. The van der Waals surface area contributed by atoms with Gasteiger partial charge in [-0.25, -0.2) is 22.0 Å². The molecule has 0 aliphatic carbocycles. The fraction of sp³-hybridized carbons (Fsp3) is 0.263. The molecular weight excluding hydrogens is 392 g/mol. The van der Waals surface area contributed by atoms with Gasteiger partial charge in [0.05, 0.1) is 24.2 Å². The fourth-order valence-corrected chi connectivity index (χ4v) is 3.85. The Hall–Kier alpha value is -2.81. The van der Waals surface area contributed by atoms with E-state index < -0.39 is 51.6 Å². The number of ether oxygens (including phenoxy) is 1. The molecule has 0 aromatic heterocycles. The van der Waals surface area contributed by atoms with Crippen LogP contribution in [0.15, 0.2) is 53.4 Å². The number of carbonyl (C=O) groups excluding carboxylic acids is 2. The summed E-state index contributed by atoms with van der Waals surface area (Å²) in [5, 5.41) is 2.34. The number of rotatable bonds is 8. The lowest BCUT2D eigenvalue weighted by molar-refractivity contribution is -0.145. The van der Waals surface area contributed by atoms with E-state index in [9.17, 15) is 26.8 Å². The number of methoxy groups -OCH3 is 1. The number of hydrogen-bond donors (Lipinski definition) is 1. The molecule has 0 spiro atoms. The minimum atomic E-state index is -3.66. The van der Waals surface area contributed by atoms with Gasteiger partial charge < -0.3 is 10.1 Å². The van der Waals surface area contributed by atoms with Crippen LogP contribution in [-0.4, -0.2) is 39.2 Å². The lowest BCUT2D eigenvalue weighted by Gasteiger charge is -2.17. The third-order valence-corrected chi connectivity index (χ3v) is 5.73. The molecule has 0 radical (unpaired) electrons. The van der Waals surface area contributed by atoms with Gasteiger partial charge in [-0.15, -0.1) is 0 Å². The van der Waals surface area contributed by atoms with E-state index in [1.54, 1.807) is 18.2 Å². The maximum absolute atomic E-state index is 13.7. The normalized spacial score (nSPS) is 12.2. The van der Waals surface area contributed by atoms with Crippen LogP contribution in [0.1, 0.15) is 12.0 Å². The average molecular weight is 411 g/mol. The highest BCUT2D eigenvalue weighted by molar-refractivity contribution is 7.91. The second-order valence-corrected chi connectivity index (χ2v) is 8.09. The summed E-state index contributed by atoms with van der Waals surface area (Å²) in [7, 11) is -2.56. The van der Waals surface area contributed by atoms with Gasteiger partial charge in [0.15, 0.2) is 9.84 Å². The standard InChI is InChI=1S/C19H19F2NO5S/c1-27-19(24)17(9-10-28(25,26)15-5-3-2-4-6-15)22-18(23)11-13-7-8-14(20)12-16(13)21/h2-8,12,17H,9-11H2,1H3,(H,22,23)/t17-/m0/s1. The Morgan fingerprint density at radius 2 is 1.79 bits per heavy atom. The summed E-state index contributed by atoms with van der Waals surface area (Å²) >= 11 is 0. The topological polar surface area (TPSA) is 89.5 Å². The summed E-state index contributed by atoms with van der Waals surface area (Å²) in [5.74, 6) is -3.62. The molecule has 2 aromatic carbocycles. The van der Waals surface area contributed by atoms with Gasteiger partial charge in [-0.1, -0.05) is 24.3 Å². The summed E-state index contributed by atoms with van der Waals surface area (Å²) in [4.78, 5) is 24.2. The van der Waals surface area contributed by atoms with Gasteiger partial charge in [0.25, 0.3) is 0 Å². The van der Waals surface area contributed by atoms with Crippen molar-refractivity contribution in [3.05, 3.63) is 65.7 Å². The first-order chi connectivity index (χ1) is 13.2. The van der Waals surface area contributed by atoms with Crippen molar-refractivity contribution < 1.29 is 31.5 Å². The van der Waals surface area contributed by atoms with Crippen LogP contribution in [-0.2, 0) is 30.6 Å². The molecule has 6 nitrogen and oxygen atoms in total. The molecule has 0 aliphatic heterocycles. The zero-order valence-corrected chi connectivity index (χ0v) is 15.8. The third kappa shape index (κ3) is 5.85. The van der Waals surface area contributed by atoms with E-state index in [2.05, 4.69) is 10.1 Å². The summed E-state index contributed by atoms with van der Waals surface area (Å²) < 4.78 is 55.9. The maximum Gasteiger partial charge on any atom is 0.328 e. The predicted octanol–water partition coefficient (Wildman–Crippen LogP) is 2.03. The third-order valence-electron chi connectivity index (χ3n) is 3.96. The van der Waals surface area contributed by atoms with E-state index in [1.807, 2.05) is 0 Å². The highest BCUT2D eigenvalue weighted by atomic mass is 32.2. The SMILES string of the molecule is COC(=O)[C@H](CCS(=O)(=O)c1ccccc1)NC(=O)Cc1ccc(F)cc1F. The van der Waals surface area contributed by atoms with E-state index >= 15 is 0 Å². The van der Waals surface area contributed by atoms with Gasteiger partial charge in [0, 0.05) is 6.07 Å². The van der Waals surface area contributed by atoms with Crippen LogP contribution in [0.4, 0.5) is 8.78 Å². The van der Waals surface area contributed by atoms with E-state index in [-0.39, 0.29) is 16.9 Å². The zero-order chi connectivity index (χ0) is 20.7. The summed E-state index contributed by atoms with van der Waals surface area (Å²) in [6.07, 6.45) is -0.660. The maximum atomic E-state index is 13.7. The van der Waals surface area contributed by atoms with E-state index in [4.69, 9.17) is 0 Å². The van der Waals surface area contributed by atoms with Gasteiger partial charge >= 0.3 is 5.97 Å². The van der Waals surface area contributed by atoms with Crippen LogP contribution in [0.5, 0.6) is 0 Å². The van der Waals surface area contributed by atoms with Gasteiger partial charge in [-0.2, -0.15) is 0 Å². The highest BCUT2D eigenvalue weighted by Gasteiger charge is 2.25. The average Bonchev–Trinajstić information content (AvgIpc) is 2.67. The number of benzene rings is 2. The number of amides is 1. The first-order valence-corrected chi connectivity index (χ1v) is 9.97. The van der Waals surface area contributed by atoms with Crippen molar-refractivity contribution in [2.45, 2.75) is 23.8 Å². The quantitative estimate of drug-likeness (QED) is 0.672. The number of halogens is 2. The molecule has 9 heteroatoms. The van der Waals surface area contributed by atoms with E-state index in [1.165, 1.54) is 12.1 Å². The second kappa shape index (κ2) is 9.41. The van der Waals surface area contributed by atoms with Crippen LogP contribution in [0, 0.1) is 11.6 Å². The van der Waals surface area contributed by atoms with Crippen molar-refractivity contribution in [3.8, 4) is 0 Å². The summed E-state index contributed by atoms with van der Waals surface area (Å²) in [5.41, 5.74) is -0.0561. The van der Waals surface area contributed by atoms with Gasteiger partial charge in [-0.3, -0.25) is 4.79 Å². The van der Waals surface area contributed by atoms with Crippen molar-refractivity contribution in [2.24, 2.45) is 0 Å². The molecule has 1 amide bonds. The molecule has 28 heavy (non-hydrogen) atoms. The fourth-order valence-electron chi connectivity index (χ4n) is 2.49. The largest absolute Gasteiger partial charge is 0.467 e. The van der Waals surface area contributed by atoms with E-state index in [0.29, 0.717) is 6.07 Å². The molecule has 0 bridgehead atoms. The number of nitrogens with one attached hydrogen (secondary N) is 1. The summed E-state index contributed by atoms with van der Waals surface area (Å²) in [6, 6.07) is 9.23. The number of carbonyl (C=O) groups is 2. The zero-order valence-electron chi connectivity index (χ0n) is 15.0. The van der Waals surface area contributed by atoms with Crippen LogP contribution < -0.4 is 5.32 Å². The molecule has 0 saturated carbocycles. The minimum absolute atomic E-state index is 0.0561. The Labute approximate surface area is 161 Å². The van der Waals surface area contributed by atoms with Gasteiger partial charge in [0.2, 0.25) is 5.91 Å². The smallest absolute Gasteiger partial charge is 0.328 e. The van der Waals surface area contributed by atoms with Crippen molar-refractivity contribution >= 4 is 21.7 Å². The van der Waals surface area contributed by atoms with Crippen molar-refractivity contribution in [1.82, 2.24) is 5.32 Å². The number of esters is 1. The number of hydrogen-bond acceptors (Lipinski definition) is 5. The molecule has 0 heterocycles. The Bertz CT molecular complexity index is 948. The van der Waals surface area contributed by atoms with Gasteiger partial charge in [-0.05, 0) is 30.2 Å². The van der Waals surface area contributed by atoms with Crippen LogP contribution in [0.2, 0.25) is 0 Å². The monoisotopic (exact) mass is 411 g/mol. The van der Waals surface area contributed by atoms with Crippen molar-refractivity contribution in [2.75, 3.05) is 12.9 Å². The molecule has 2 aromatic rings. The molecular formula is C19H19F2NO5S. The molecule has 1 N–H and O–H groups in total. The molecule has 0 aliphatic rings. The Balaban J connectivity index is 2.05. The number of sulfone groups is 1. The first kappa shape index (κ1) is 21.5. The Morgan fingerprint density at radius 1 is 1.11 bits per heavy atom. The molecule has 0 fully saturated rings. The van der Waals surface area contributed by atoms with Crippen LogP contribution in [0.25, 0.3) is 0 Å². The van der Waals surface area contributed by atoms with Crippen LogP contribution >= 0.6 is 0 Å². The Kier molecular flexibility index (Phi) is 7.22. The molecule has 0 unspecified atom stereocenters. The lowest BCUT2D eigenvalue weighted by atomic mass is 10.1. The second-order valence-electron chi connectivity index (χ2n) is 5.98. The highest BCUT2D eigenvalue weighted by Crippen LogP contribution is 2.13. The van der Waals surface area contributed by atoms with Crippen molar-refractivity contribution in [3.63, 3.8) is 0 Å². The molecule has 0 saturated heterocycles. The van der Waals surface area contributed by atoms with Crippen molar-refractivity contribution in [1.29, 1.82) is 0 Å². The molecule has 2 rings (SSSR count). The minimum Gasteiger partial charge on any atom is -0.467 e. The Morgan fingerprint density at radius 3 is 2.39 bits per heavy atom. The van der Waals surface area contributed by atoms with Gasteiger partial charge in [0.1, 0.15) is 17.7 Å². The molecule has 1 atom stereocenters. The summed E-state index contributed by atoms with van der Waals surface area (Å²) in [6.45, 7) is 0. The van der Waals surface area contributed by atoms with E-state index in [0.717, 1.165) is 19.2 Å². The first-order valence-electron chi connectivity index (χ1n) is 8.32. The molecule has 150 valence electrons. The van der Waals surface area contributed by atoms with Crippen LogP contribution in [0.3, 0.4) is 0 Å². The predicted molar refractivity (Wildman–Crippen MR) is 97.1 cm³/mol.